The lowest BCUT2D eigenvalue weighted by atomic mass is 10.1. The molecule has 1 aromatic heterocycles. The minimum atomic E-state index is 0.0149. The summed E-state index contributed by atoms with van der Waals surface area (Å²) >= 11 is 0. The van der Waals surface area contributed by atoms with E-state index >= 15 is 0 Å². The monoisotopic (exact) mass is 274 g/mol. The third-order valence-corrected chi connectivity index (χ3v) is 4.18. The fourth-order valence-corrected chi connectivity index (χ4v) is 2.73. The van der Waals surface area contributed by atoms with Crippen LogP contribution in [0.4, 0.5) is 5.69 Å². The second-order valence-electron chi connectivity index (χ2n) is 5.95. The maximum Gasteiger partial charge on any atom is 0.257 e. The highest BCUT2D eigenvalue weighted by Gasteiger charge is 2.28. The van der Waals surface area contributed by atoms with Crippen molar-refractivity contribution < 1.29 is 4.79 Å². The van der Waals surface area contributed by atoms with Crippen LogP contribution in [0.15, 0.2) is 12.3 Å². The van der Waals surface area contributed by atoms with Crippen LogP contribution < -0.4 is 5.73 Å². The van der Waals surface area contributed by atoms with E-state index in [9.17, 15) is 4.79 Å². The molecule has 0 aromatic carbocycles. The molecule has 1 saturated carbocycles. The van der Waals surface area contributed by atoms with E-state index in [2.05, 4.69) is 9.88 Å². The highest BCUT2D eigenvalue weighted by atomic mass is 16.2. The third kappa shape index (κ3) is 2.93. The molecule has 1 amide bonds. The van der Waals surface area contributed by atoms with E-state index in [0.29, 0.717) is 11.3 Å². The first-order valence-electron chi connectivity index (χ1n) is 7.37. The zero-order chi connectivity index (χ0) is 14.1. The number of hydrogen-bond donors (Lipinski definition) is 1. The molecule has 2 N–H and O–H groups in total. The molecule has 5 nitrogen and oxygen atoms in total. The predicted octanol–water partition coefficient (Wildman–Crippen LogP) is 1.14. The summed E-state index contributed by atoms with van der Waals surface area (Å²) < 4.78 is 0. The van der Waals surface area contributed by atoms with Gasteiger partial charge in [-0.15, -0.1) is 0 Å². The van der Waals surface area contributed by atoms with E-state index in [1.807, 2.05) is 11.8 Å². The van der Waals surface area contributed by atoms with E-state index in [1.165, 1.54) is 19.4 Å². The Labute approximate surface area is 119 Å². The van der Waals surface area contributed by atoms with Crippen LogP contribution in [0.5, 0.6) is 0 Å². The second-order valence-corrected chi connectivity index (χ2v) is 5.95. The van der Waals surface area contributed by atoms with Crippen molar-refractivity contribution in [2.75, 3.05) is 38.5 Å². The third-order valence-electron chi connectivity index (χ3n) is 4.18. The lowest BCUT2D eigenvalue weighted by Crippen LogP contribution is -2.49. The van der Waals surface area contributed by atoms with Gasteiger partial charge in [0.1, 0.15) is 0 Å². The number of amides is 1. The maximum atomic E-state index is 12.5. The Morgan fingerprint density at radius 1 is 1.35 bits per heavy atom. The molecule has 0 atom stereocenters. The molecular formula is C15H22N4O. The van der Waals surface area contributed by atoms with Gasteiger partial charge in [0.2, 0.25) is 0 Å². The van der Waals surface area contributed by atoms with Gasteiger partial charge in [0.15, 0.2) is 0 Å². The molecule has 108 valence electrons. The van der Waals surface area contributed by atoms with Gasteiger partial charge in [0, 0.05) is 50.3 Å². The lowest BCUT2D eigenvalue weighted by Gasteiger charge is -2.35. The topological polar surface area (TPSA) is 62.5 Å². The second kappa shape index (κ2) is 5.40. The zero-order valence-electron chi connectivity index (χ0n) is 12.0. The lowest BCUT2D eigenvalue weighted by molar-refractivity contribution is 0.0632. The molecule has 0 bridgehead atoms. The van der Waals surface area contributed by atoms with Gasteiger partial charge in [-0.05, 0) is 31.7 Å². The average molecular weight is 274 g/mol. The largest absolute Gasteiger partial charge is 0.398 e. The number of aryl methyl sites for hydroxylation is 1. The predicted molar refractivity (Wildman–Crippen MR) is 78.5 cm³/mol. The van der Waals surface area contributed by atoms with Gasteiger partial charge in [-0.25, -0.2) is 0 Å². The SMILES string of the molecule is Cc1cc(N)c(C(=O)N2CCN(CC3CC3)CC2)cn1. The van der Waals surface area contributed by atoms with Crippen LogP contribution in [0, 0.1) is 12.8 Å². The number of aromatic nitrogens is 1. The maximum absolute atomic E-state index is 12.5. The van der Waals surface area contributed by atoms with Crippen LogP contribution in [0.1, 0.15) is 28.9 Å². The number of carbonyl (C=O) groups is 1. The molecule has 1 aliphatic carbocycles. The van der Waals surface area contributed by atoms with Crippen LogP contribution in [0.3, 0.4) is 0 Å². The van der Waals surface area contributed by atoms with Crippen LogP contribution in [0.2, 0.25) is 0 Å². The number of rotatable bonds is 3. The number of nitrogen functional groups attached to an aromatic ring is 1. The van der Waals surface area contributed by atoms with Crippen LogP contribution >= 0.6 is 0 Å². The normalized spacial score (nSPS) is 20.1. The number of pyridine rings is 1. The van der Waals surface area contributed by atoms with Crippen molar-refractivity contribution in [1.29, 1.82) is 0 Å². The minimum absolute atomic E-state index is 0.0149. The highest BCUT2D eigenvalue weighted by Crippen LogP contribution is 2.30. The van der Waals surface area contributed by atoms with Gasteiger partial charge in [-0.1, -0.05) is 0 Å². The minimum Gasteiger partial charge on any atom is -0.398 e. The van der Waals surface area contributed by atoms with Gasteiger partial charge in [-0.3, -0.25) is 14.7 Å². The quantitative estimate of drug-likeness (QED) is 0.898. The number of hydrogen-bond acceptors (Lipinski definition) is 4. The Hall–Kier alpha value is -1.62. The Balaban J connectivity index is 1.60. The van der Waals surface area contributed by atoms with E-state index in [1.54, 1.807) is 12.3 Å². The summed E-state index contributed by atoms with van der Waals surface area (Å²) in [6.45, 7) is 6.61. The number of piperazine rings is 1. The molecule has 0 unspecified atom stereocenters. The van der Waals surface area contributed by atoms with Gasteiger partial charge in [-0.2, -0.15) is 0 Å². The molecule has 5 heteroatoms. The standard InChI is InChI=1S/C15H22N4O/c1-11-8-14(16)13(9-17-11)15(20)19-6-4-18(5-7-19)10-12-2-3-12/h8-9,12H,2-7,10H2,1H3,(H2,16,17). The van der Waals surface area contributed by atoms with E-state index in [4.69, 9.17) is 5.73 Å². The number of nitrogens with zero attached hydrogens (tertiary/aromatic N) is 3. The highest BCUT2D eigenvalue weighted by molar-refractivity contribution is 5.98. The summed E-state index contributed by atoms with van der Waals surface area (Å²) in [6.07, 6.45) is 4.36. The van der Waals surface area contributed by atoms with Crippen molar-refractivity contribution in [3.63, 3.8) is 0 Å². The van der Waals surface area contributed by atoms with Gasteiger partial charge < -0.3 is 10.6 Å². The fraction of sp³-hybridized carbons (Fsp3) is 0.600. The molecule has 2 heterocycles. The molecule has 1 aromatic rings. The molecule has 2 aliphatic rings. The summed E-state index contributed by atoms with van der Waals surface area (Å²) in [7, 11) is 0. The van der Waals surface area contributed by atoms with Gasteiger partial charge >= 0.3 is 0 Å². The number of carbonyl (C=O) groups excluding carboxylic acids is 1. The molecule has 0 radical (unpaired) electrons. The zero-order valence-corrected chi connectivity index (χ0v) is 12.0. The molecule has 3 rings (SSSR count). The Bertz CT molecular complexity index is 505. The Morgan fingerprint density at radius 2 is 2.05 bits per heavy atom. The summed E-state index contributed by atoms with van der Waals surface area (Å²) in [5.41, 5.74) is 7.84. The molecule has 20 heavy (non-hydrogen) atoms. The van der Waals surface area contributed by atoms with Crippen molar-refractivity contribution in [3.05, 3.63) is 23.5 Å². The first-order chi connectivity index (χ1) is 9.63. The summed E-state index contributed by atoms with van der Waals surface area (Å²) in [6, 6.07) is 1.76. The molecule has 2 fully saturated rings. The van der Waals surface area contributed by atoms with Crippen molar-refractivity contribution in [2.24, 2.45) is 5.92 Å². The first kappa shape index (κ1) is 13.4. The number of anilines is 1. The van der Waals surface area contributed by atoms with Crippen LogP contribution in [-0.4, -0.2) is 53.4 Å². The van der Waals surface area contributed by atoms with Crippen molar-refractivity contribution >= 4 is 11.6 Å². The van der Waals surface area contributed by atoms with Crippen LogP contribution in [-0.2, 0) is 0 Å². The molecule has 1 aliphatic heterocycles. The van der Waals surface area contributed by atoms with Crippen molar-refractivity contribution in [1.82, 2.24) is 14.8 Å². The smallest absolute Gasteiger partial charge is 0.257 e. The fourth-order valence-electron chi connectivity index (χ4n) is 2.73. The molecule has 0 spiro atoms. The molecular weight excluding hydrogens is 252 g/mol. The summed E-state index contributed by atoms with van der Waals surface area (Å²) in [5.74, 6) is 0.926. The number of nitrogens with two attached hydrogens (primary N) is 1. The van der Waals surface area contributed by atoms with E-state index in [0.717, 1.165) is 37.8 Å². The van der Waals surface area contributed by atoms with Crippen LogP contribution in [0.25, 0.3) is 0 Å². The summed E-state index contributed by atoms with van der Waals surface area (Å²) in [4.78, 5) is 21.0. The average Bonchev–Trinajstić information content (AvgIpc) is 3.23. The Kier molecular flexibility index (Phi) is 3.61. The summed E-state index contributed by atoms with van der Waals surface area (Å²) in [5, 5.41) is 0. The Morgan fingerprint density at radius 3 is 2.65 bits per heavy atom. The first-order valence-corrected chi connectivity index (χ1v) is 7.37. The molecule has 1 saturated heterocycles. The van der Waals surface area contributed by atoms with Crippen molar-refractivity contribution in [3.8, 4) is 0 Å². The van der Waals surface area contributed by atoms with E-state index < -0.39 is 0 Å². The van der Waals surface area contributed by atoms with Gasteiger partial charge in [0.25, 0.3) is 5.91 Å². The van der Waals surface area contributed by atoms with Crippen molar-refractivity contribution in [2.45, 2.75) is 19.8 Å². The van der Waals surface area contributed by atoms with E-state index in [-0.39, 0.29) is 5.91 Å². The van der Waals surface area contributed by atoms with Gasteiger partial charge in [0.05, 0.1) is 5.56 Å².